The van der Waals surface area contributed by atoms with Crippen LogP contribution in [0.15, 0.2) is 35.3 Å². The third-order valence-electron chi connectivity index (χ3n) is 5.99. The van der Waals surface area contributed by atoms with Gasteiger partial charge in [-0.15, -0.1) is 5.10 Å². The summed E-state index contributed by atoms with van der Waals surface area (Å²) in [7, 11) is 6.16. The van der Waals surface area contributed by atoms with Crippen LogP contribution in [0.5, 0.6) is 23.0 Å². The summed E-state index contributed by atoms with van der Waals surface area (Å²) < 4.78 is 29.1. The second-order valence-corrected chi connectivity index (χ2v) is 7.98. The molecule has 0 fully saturated rings. The number of fused-ring (bicyclic) bond motifs is 3. The van der Waals surface area contributed by atoms with Gasteiger partial charge in [0.15, 0.2) is 17.2 Å². The molecule has 184 valence electrons. The number of hydrogen-bond acceptors (Lipinski definition) is 9. The molecule has 10 nitrogen and oxygen atoms in total. The van der Waals surface area contributed by atoms with Crippen LogP contribution in [0, 0.1) is 0 Å². The molecule has 0 aliphatic heterocycles. The Labute approximate surface area is 202 Å². The van der Waals surface area contributed by atoms with E-state index in [9.17, 15) is 9.59 Å². The first kappa shape index (κ1) is 24.1. The highest BCUT2D eigenvalue weighted by Gasteiger charge is 2.30. The van der Waals surface area contributed by atoms with Crippen molar-refractivity contribution >= 4 is 5.97 Å². The van der Waals surface area contributed by atoms with Crippen molar-refractivity contribution < 1.29 is 28.5 Å². The van der Waals surface area contributed by atoms with Gasteiger partial charge in [0.2, 0.25) is 11.2 Å². The average Bonchev–Trinajstić information content (AvgIpc) is 3.19. The Kier molecular flexibility index (Phi) is 6.90. The summed E-state index contributed by atoms with van der Waals surface area (Å²) in [5.74, 6) is 1.33. The Morgan fingerprint density at radius 2 is 1.77 bits per heavy atom. The van der Waals surface area contributed by atoms with Crippen LogP contribution in [-0.2, 0) is 22.6 Å². The molecule has 0 radical (unpaired) electrons. The molecule has 0 saturated heterocycles. The quantitative estimate of drug-likeness (QED) is 0.470. The van der Waals surface area contributed by atoms with E-state index in [1.54, 1.807) is 44.3 Å². The number of nitrogens with zero attached hydrogens (tertiary/aromatic N) is 3. The van der Waals surface area contributed by atoms with Gasteiger partial charge in [-0.3, -0.25) is 9.59 Å². The largest absolute Gasteiger partial charge is 0.493 e. The van der Waals surface area contributed by atoms with Crippen LogP contribution < -0.4 is 24.4 Å². The Balaban J connectivity index is 1.96. The molecule has 0 bridgehead atoms. The average molecular weight is 482 g/mol. The number of carbonyl (C=O) groups excluding carboxylic acids is 1. The van der Waals surface area contributed by atoms with Gasteiger partial charge in [-0.25, -0.2) is 4.68 Å². The molecule has 4 rings (SSSR count). The molecule has 0 N–H and O–H groups in total. The normalized spacial score (nSPS) is 14.3. The van der Waals surface area contributed by atoms with Crippen LogP contribution in [0.4, 0.5) is 0 Å². The SMILES string of the molecule is COc1cc2c(c(OC)c1OC)-c1ccc(OC)c(=O)cc1[C@@H](n1cc(COC(C)=O)nn1)CC2. The predicted octanol–water partition coefficient (Wildman–Crippen LogP) is 2.94. The van der Waals surface area contributed by atoms with Gasteiger partial charge in [0.25, 0.3) is 0 Å². The molecule has 0 unspecified atom stereocenters. The van der Waals surface area contributed by atoms with Gasteiger partial charge in [0, 0.05) is 12.5 Å². The lowest BCUT2D eigenvalue weighted by atomic mass is 9.95. The number of ether oxygens (including phenoxy) is 5. The van der Waals surface area contributed by atoms with Crippen molar-refractivity contribution in [2.45, 2.75) is 32.4 Å². The van der Waals surface area contributed by atoms with E-state index in [0.29, 0.717) is 35.8 Å². The highest BCUT2D eigenvalue weighted by atomic mass is 16.5. The topological polar surface area (TPSA) is 111 Å². The van der Waals surface area contributed by atoms with Crippen molar-refractivity contribution in [3.63, 3.8) is 0 Å². The highest BCUT2D eigenvalue weighted by Crippen LogP contribution is 2.50. The molecule has 35 heavy (non-hydrogen) atoms. The van der Waals surface area contributed by atoms with E-state index < -0.39 is 5.97 Å². The van der Waals surface area contributed by atoms with E-state index in [2.05, 4.69) is 10.3 Å². The molecule has 1 aliphatic carbocycles. The fraction of sp³-hybridized carbons (Fsp3) is 0.360. The van der Waals surface area contributed by atoms with Crippen molar-refractivity contribution in [3.8, 4) is 34.1 Å². The first-order valence-electron chi connectivity index (χ1n) is 11.0. The molecule has 1 heterocycles. The minimum absolute atomic E-state index is 0.0144. The van der Waals surface area contributed by atoms with E-state index in [1.165, 1.54) is 14.0 Å². The minimum atomic E-state index is -0.403. The number of aryl methyl sites for hydroxylation is 1. The Morgan fingerprint density at radius 3 is 2.43 bits per heavy atom. The van der Waals surface area contributed by atoms with Gasteiger partial charge in [0.05, 0.1) is 40.7 Å². The first-order valence-corrected chi connectivity index (χ1v) is 11.0. The van der Waals surface area contributed by atoms with Gasteiger partial charge in [0.1, 0.15) is 12.3 Å². The molecule has 0 amide bonds. The van der Waals surface area contributed by atoms with Crippen LogP contribution in [0.25, 0.3) is 11.1 Å². The van der Waals surface area contributed by atoms with Gasteiger partial charge in [-0.1, -0.05) is 11.3 Å². The zero-order valence-corrected chi connectivity index (χ0v) is 20.3. The fourth-order valence-corrected chi connectivity index (χ4v) is 4.43. The number of aromatic nitrogens is 3. The summed E-state index contributed by atoms with van der Waals surface area (Å²) in [6.45, 7) is 1.35. The molecule has 0 spiro atoms. The number of benzene rings is 1. The Morgan fingerprint density at radius 1 is 1.03 bits per heavy atom. The second-order valence-electron chi connectivity index (χ2n) is 7.98. The number of carbonyl (C=O) groups is 1. The Hall–Kier alpha value is -4.08. The zero-order chi connectivity index (χ0) is 25.1. The van der Waals surface area contributed by atoms with Crippen LogP contribution in [0.3, 0.4) is 0 Å². The third kappa shape index (κ3) is 4.51. The summed E-state index contributed by atoms with van der Waals surface area (Å²) in [5.41, 5.74) is 3.53. The number of esters is 1. The summed E-state index contributed by atoms with van der Waals surface area (Å²) >= 11 is 0. The summed E-state index contributed by atoms with van der Waals surface area (Å²) in [5, 5.41) is 8.43. The lowest BCUT2D eigenvalue weighted by Gasteiger charge is -2.19. The standard InChI is InChI=1S/C25H27N3O7/c1-14(29)35-13-16-12-28(27-26-16)19-8-6-15-10-22(32-3)24(33-4)25(34-5)23(15)17-7-9-21(31-2)20(30)11-18(17)19/h7,9-12,19H,6,8,13H2,1-5H3/t19-/m0/s1. The molecule has 3 aromatic rings. The molecular formula is C25H27N3O7. The van der Waals surface area contributed by atoms with Crippen molar-refractivity contribution in [1.82, 2.24) is 15.0 Å². The highest BCUT2D eigenvalue weighted by molar-refractivity contribution is 5.82. The third-order valence-corrected chi connectivity index (χ3v) is 5.99. The maximum absolute atomic E-state index is 13.0. The van der Waals surface area contributed by atoms with E-state index >= 15 is 0 Å². The van der Waals surface area contributed by atoms with Gasteiger partial charge in [-0.2, -0.15) is 0 Å². The molecule has 1 atom stereocenters. The maximum atomic E-state index is 13.0. The van der Waals surface area contributed by atoms with Crippen LogP contribution in [-0.4, -0.2) is 49.4 Å². The van der Waals surface area contributed by atoms with Crippen molar-refractivity contribution in [2.75, 3.05) is 28.4 Å². The van der Waals surface area contributed by atoms with Gasteiger partial charge >= 0.3 is 5.97 Å². The lowest BCUT2D eigenvalue weighted by Crippen LogP contribution is -2.13. The monoisotopic (exact) mass is 481 g/mol. The first-order chi connectivity index (χ1) is 16.9. The Bertz CT molecular complexity index is 1320. The van der Waals surface area contributed by atoms with Crippen LogP contribution in [0.2, 0.25) is 0 Å². The zero-order valence-electron chi connectivity index (χ0n) is 20.3. The molecule has 1 aliphatic rings. The minimum Gasteiger partial charge on any atom is -0.493 e. The van der Waals surface area contributed by atoms with Gasteiger partial charge < -0.3 is 23.7 Å². The van der Waals surface area contributed by atoms with Crippen LogP contribution in [0.1, 0.15) is 36.2 Å². The van der Waals surface area contributed by atoms with Crippen molar-refractivity contribution in [2.24, 2.45) is 0 Å². The van der Waals surface area contributed by atoms with Crippen molar-refractivity contribution in [3.05, 3.63) is 57.5 Å². The van der Waals surface area contributed by atoms with E-state index in [-0.39, 0.29) is 23.8 Å². The number of hydrogen-bond donors (Lipinski definition) is 0. The van der Waals surface area contributed by atoms with Gasteiger partial charge in [-0.05, 0) is 47.7 Å². The molecule has 0 saturated carbocycles. The second kappa shape index (κ2) is 10.0. The molecular weight excluding hydrogens is 454 g/mol. The predicted molar refractivity (Wildman–Crippen MR) is 126 cm³/mol. The molecule has 10 heteroatoms. The molecule has 1 aromatic heterocycles. The van der Waals surface area contributed by atoms with Crippen molar-refractivity contribution in [1.29, 1.82) is 0 Å². The molecule has 2 aromatic carbocycles. The fourth-order valence-electron chi connectivity index (χ4n) is 4.43. The van der Waals surface area contributed by atoms with E-state index in [0.717, 1.165) is 22.3 Å². The summed E-state index contributed by atoms with van der Waals surface area (Å²) in [6, 6.07) is 6.66. The smallest absolute Gasteiger partial charge is 0.303 e. The maximum Gasteiger partial charge on any atom is 0.303 e. The van der Waals surface area contributed by atoms with E-state index in [4.69, 9.17) is 23.7 Å². The number of rotatable bonds is 7. The number of methoxy groups -OCH3 is 4. The van der Waals surface area contributed by atoms with Crippen LogP contribution >= 0.6 is 0 Å². The summed E-state index contributed by atoms with van der Waals surface area (Å²) in [4.78, 5) is 24.2. The van der Waals surface area contributed by atoms with E-state index in [1.807, 2.05) is 12.1 Å². The summed E-state index contributed by atoms with van der Waals surface area (Å²) in [6.07, 6.45) is 2.97. The lowest BCUT2D eigenvalue weighted by molar-refractivity contribution is -0.142.